The first-order chi connectivity index (χ1) is 12.8. The van der Waals surface area contributed by atoms with Crippen LogP contribution in [0.4, 0.5) is 5.69 Å². The van der Waals surface area contributed by atoms with Gasteiger partial charge in [-0.2, -0.15) is 0 Å². The zero-order valence-electron chi connectivity index (χ0n) is 14.7. The summed E-state index contributed by atoms with van der Waals surface area (Å²) in [4.78, 5) is 16.8. The minimum absolute atomic E-state index is 0.0147. The number of anilines is 1. The topological polar surface area (TPSA) is 55.1 Å². The highest BCUT2D eigenvalue weighted by atomic mass is 16.3. The highest BCUT2D eigenvalue weighted by molar-refractivity contribution is 6.04. The lowest BCUT2D eigenvalue weighted by molar-refractivity contribution is -0.116. The Morgan fingerprint density at radius 1 is 1.04 bits per heavy atom. The Morgan fingerprint density at radius 2 is 1.85 bits per heavy atom. The number of benzene rings is 3. The Kier molecular flexibility index (Phi) is 4.40. The number of carbonyl (C=O) groups is 1. The molecule has 0 unspecified atom stereocenters. The lowest BCUT2D eigenvalue weighted by Crippen LogP contribution is -2.11. The molecule has 26 heavy (non-hydrogen) atoms. The van der Waals surface area contributed by atoms with Crippen LogP contribution in [0.1, 0.15) is 26.2 Å². The minimum atomic E-state index is 0.0147. The van der Waals surface area contributed by atoms with Crippen molar-refractivity contribution in [1.82, 2.24) is 4.98 Å². The second kappa shape index (κ2) is 7.00. The molecule has 0 bridgehead atoms. The summed E-state index contributed by atoms with van der Waals surface area (Å²) >= 11 is 0. The molecule has 0 radical (unpaired) electrons. The van der Waals surface area contributed by atoms with E-state index in [0.29, 0.717) is 12.3 Å². The molecule has 4 nitrogen and oxygen atoms in total. The molecular formula is C22H20N2O2. The van der Waals surface area contributed by atoms with Crippen molar-refractivity contribution in [2.75, 3.05) is 5.32 Å². The molecular weight excluding hydrogens is 324 g/mol. The standard InChI is InChI=1S/C22H20N2O2/c1-2-3-12-20(25)23-18-11-7-6-10-17(18)22-24-19-14-13-15-8-4-5-9-16(15)21(19)26-22/h4-11,13-14H,2-3,12H2,1H3,(H,23,25). The van der Waals surface area contributed by atoms with Crippen LogP contribution in [0.15, 0.2) is 65.1 Å². The van der Waals surface area contributed by atoms with Crippen molar-refractivity contribution in [3.8, 4) is 11.5 Å². The van der Waals surface area contributed by atoms with Crippen LogP contribution < -0.4 is 5.32 Å². The van der Waals surface area contributed by atoms with Crippen LogP contribution in [0.5, 0.6) is 0 Å². The monoisotopic (exact) mass is 344 g/mol. The molecule has 0 atom stereocenters. The van der Waals surface area contributed by atoms with Gasteiger partial charge in [-0.1, -0.05) is 55.8 Å². The molecule has 4 aromatic rings. The van der Waals surface area contributed by atoms with E-state index < -0.39 is 0 Å². The van der Waals surface area contributed by atoms with Gasteiger partial charge in [-0.15, -0.1) is 0 Å². The maximum absolute atomic E-state index is 12.1. The van der Waals surface area contributed by atoms with Gasteiger partial charge < -0.3 is 9.73 Å². The first kappa shape index (κ1) is 16.3. The van der Waals surface area contributed by atoms with Crippen molar-refractivity contribution in [2.45, 2.75) is 26.2 Å². The fourth-order valence-corrected chi connectivity index (χ4v) is 3.10. The molecule has 1 N–H and O–H groups in total. The van der Waals surface area contributed by atoms with Gasteiger partial charge >= 0.3 is 0 Å². The van der Waals surface area contributed by atoms with Crippen LogP contribution in [-0.4, -0.2) is 10.9 Å². The van der Waals surface area contributed by atoms with Crippen molar-refractivity contribution in [3.63, 3.8) is 0 Å². The Bertz CT molecular complexity index is 1080. The molecule has 0 saturated heterocycles. The number of oxazole rings is 1. The normalized spacial score (nSPS) is 11.1. The smallest absolute Gasteiger partial charge is 0.229 e. The number of nitrogens with one attached hydrogen (secondary N) is 1. The quantitative estimate of drug-likeness (QED) is 0.499. The molecule has 0 fully saturated rings. The van der Waals surface area contributed by atoms with Crippen LogP contribution in [0, 0.1) is 0 Å². The molecule has 0 aliphatic rings. The minimum Gasteiger partial charge on any atom is -0.435 e. The molecule has 0 aliphatic heterocycles. The molecule has 130 valence electrons. The average Bonchev–Trinajstić information content (AvgIpc) is 3.11. The highest BCUT2D eigenvalue weighted by Crippen LogP contribution is 2.33. The average molecular weight is 344 g/mol. The third-order valence-corrected chi connectivity index (χ3v) is 4.47. The third-order valence-electron chi connectivity index (χ3n) is 4.47. The van der Waals surface area contributed by atoms with Gasteiger partial charge in [0.05, 0.1) is 11.3 Å². The molecule has 1 amide bonds. The van der Waals surface area contributed by atoms with Crippen molar-refractivity contribution in [1.29, 1.82) is 0 Å². The number of fused-ring (bicyclic) bond motifs is 3. The van der Waals surface area contributed by atoms with Gasteiger partial charge in [-0.25, -0.2) is 4.98 Å². The van der Waals surface area contributed by atoms with E-state index in [0.717, 1.165) is 46.0 Å². The van der Waals surface area contributed by atoms with Crippen molar-refractivity contribution in [2.24, 2.45) is 0 Å². The summed E-state index contributed by atoms with van der Waals surface area (Å²) in [5.41, 5.74) is 3.10. The van der Waals surface area contributed by atoms with Crippen LogP contribution in [0.2, 0.25) is 0 Å². The zero-order chi connectivity index (χ0) is 17.9. The summed E-state index contributed by atoms with van der Waals surface area (Å²) in [6, 6.07) is 19.7. The maximum atomic E-state index is 12.1. The molecule has 0 aliphatic carbocycles. The summed E-state index contributed by atoms with van der Waals surface area (Å²) in [5, 5.41) is 5.14. The van der Waals surface area contributed by atoms with Crippen LogP contribution in [-0.2, 0) is 4.79 Å². The van der Waals surface area contributed by atoms with Crippen molar-refractivity contribution < 1.29 is 9.21 Å². The number of aromatic nitrogens is 1. The second-order valence-corrected chi connectivity index (χ2v) is 6.35. The van der Waals surface area contributed by atoms with Gasteiger partial charge in [0, 0.05) is 11.8 Å². The summed E-state index contributed by atoms with van der Waals surface area (Å²) in [6.07, 6.45) is 2.39. The predicted octanol–water partition coefficient (Wildman–Crippen LogP) is 5.78. The van der Waals surface area contributed by atoms with Crippen molar-refractivity contribution in [3.05, 3.63) is 60.7 Å². The molecule has 0 spiro atoms. The summed E-state index contributed by atoms with van der Waals surface area (Å²) in [5.74, 6) is 0.531. The zero-order valence-corrected chi connectivity index (χ0v) is 14.7. The summed E-state index contributed by atoms with van der Waals surface area (Å²) in [6.45, 7) is 2.07. The first-order valence-electron chi connectivity index (χ1n) is 8.94. The molecule has 4 heteroatoms. The maximum Gasteiger partial charge on any atom is 0.229 e. The van der Waals surface area contributed by atoms with Gasteiger partial charge in [-0.3, -0.25) is 4.79 Å². The number of nitrogens with zero attached hydrogens (tertiary/aromatic N) is 1. The summed E-state index contributed by atoms with van der Waals surface area (Å²) < 4.78 is 6.11. The van der Waals surface area contributed by atoms with Crippen molar-refractivity contribution >= 4 is 33.5 Å². The SMILES string of the molecule is CCCCC(=O)Nc1ccccc1-c1nc2ccc3ccccc3c2o1. The van der Waals surface area contributed by atoms with E-state index >= 15 is 0 Å². The Hall–Kier alpha value is -3.14. The van der Waals surface area contributed by atoms with Gasteiger partial charge in [0.1, 0.15) is 5.52 Å². The summed E-state index contributed by atoms with van der Waals surface area (Å²) in [7, 11) is 0. The highest BCUT2D eigenvalue weighted by Gasteiger charge is 2.15. The van der Waals surface area contributed by atoms with E-state index in [4.69, 9.17) is 4.42 Å². The molecule has 3 aromatic carbocycles. The molecule has 4 rings (SSSR count). The van der Waals surface area contributed by atoms with E-state index in [-0.39, 0.29) is 5.91 Å². The molecule has 0 saturated carbocycles. The Labute approximate surface area is 151 Å². The van der Waals surface area contributed by atoms with Gasteiger partial charge in [0.25, 0.3) is 0 Å². The number of unbranched alkanes of at least 4 members (excludes halogenated alkanes) is 1. The van der Waals surface area contributed by atoms with E-state index in [1.165, 1.54) is 0 Å². The van der Waals surface area contributed by atoms with Crippen LogP contribution in [0.25, 0.3) is 33.3 Å². The number of hydrogen-bond donors (Lipinski definition) is 1. The van der Waals surface area contributed by atoms with Crippen LogP contribution in [0.3, 0.4) is 0 Å². The third kappa shape index (κ3) is 3.06. The van der Waals surface area contributed by atoms with Gasteiger partial charge in [0.15, 0.2) is 5.58 Å². The first-order valence-corrected chi connectivity index (χ1v) is 8.94. The number of carbonyl (C=O) groups excluding carboxylic acids is 1. The van der Waals surface area contributed by atoms with E-state index in [1.54, 1.807) is 0 Å². The fourth-order valence-electron chi connectivity index (χ4n) is 3.10. The van der Waals surface area contributed by atoms with E-state index in [2.05, 4.69) is 23.3 Å². The Morgan fingerprint density at radius 3 is 2.73 bits per heavy atom. The largest absolute Gasteiger partial charge is 0.435 e. The molecule has 1 heterocycles. The van der Waals surface area contributed by atoms with E-state index in [1.807, 2.05) is 54.6 Å². The lowest BCUT2D eigenvalue weighted by Gasteiger charge is -2.08. The number of amides is 1. The fraction of sp³-hybridized carbons (Fsp3) is 0.182. The number of hydrogen-bond acceptors (Lipinski definition) is 3. The van der Waals surface area contributed by atoms with Gasteiger partial charge in [0.2, 0.25) is 11.8 Å². The molecule has 1 aromatic heterocycles. The van der Waals surface area contributed by atoms with E-state index in [9.17, 15) is 4.79 Å². The predicted molar refractivity (Wildman–Crippen MR) is 105 cm³/mol. The number of para-hydroxylation sites is 1. The van der Waals surface area contributed by atoms with Gasteiger partial charge in [-0.05, 0) is 30.0 Å². The van der Waals surface area contributed by atoms with Crippen LogP contribution >= 0.6 is 0 Å². The Balaban J connectivity index is 1.76. The lowest BCUT2D eigenvalue weighted by atomic mass is 10.1. The number of rotatable bonds is 5. The second-order valence-electron chi connectivity index (χ2n) is 6.35.